The highest BCUT2D eigenvalue weighted by atomic mass is 32.1. The van der Waals surface area contributed by atoms with Crippen molar-refractivity contribution in [2.45, 2.75) is 47.3 Å². The number of nitrogens with zero attached hydrogens (tertiary/aromatic N) is 1. The number of anilines is 1. The van der Waals surface area contributed by atoms with Gasteiger partial charge < -0.3 is 15.4 Å². The van der Waals surface area contributed by atoms with E-state index in [9.17, 15) is 0 Å². The van der Waals surface area contributed by atoms with Crippen LogP contribution in [0.5, 0.6) is 5.75 Å². The average molecular weight is 343 g/mol. The smallest absolute Gasteiger partial charge is 0.172 e. The monoisotopic (exact) mass is 343 g/mol. The average Bonchev–Trinajstić information content (AvgIpc) is 2.52. The Kier molecular flexibility index (Phi) is 6.15. The van der Waals surface area contributed by atoms with Crippen molar-refractivity contribution < 1.29 is 4.74 Å². The fourth-order valence-electron chi connectivity index (χ4n) is 2.39. The van der Waals surface area contributed by atoms with Crippen molar-refractivity contribution in [2.75, 3.05) is 5.32 Å². The van der Waals surface area contributed by atoms with Gasteiger partial charge >= 0.3 is 0 Å². The number of hydrogen-bond acceptors (Lipinski definition) is 3. The Morgan fingerprint density at radius 3 is 2.42 bits per heavy atom. The van der Waals surface area contributed by atoms with Crippen molar-refractivity contribution in [1.82, 2.24) is 10.3 Å². The van der Waals surface area contributed by atoms with Gasteiger partial charge in [-0.15, -0.1) is 0 Å². The number of benzene rings is 1. The first-order valence-corrected chi connectivity index (χ1v) is 8.51. The van der Waals surface area contributed by atoms with E-state index in [2.05, 4.69) is 34.7 Å². The minimum atomic E-state index is 0.279. The summed E-state index contributed by atoms with van der Waals surface area (Å²) in [4.78, 5) is 4.63. The maximum absolute atomic E-state index is 6.02. The third-order valence-corrected chi connectivity index (χ3v) is 3.96. The normalized spacial score (nSPS) is 10.6. The molecule has 0 bridgehead atoms. The molecule has 4 nitrogen and oxygen atoms in total. The molecule has 2 rings (SSSR count). The largest absolute Gasteiger partial charge is 0.487 e. The van der Waals surface area contributed by atoms with Crippen LogP contribution < -0.4 is 15.4 Å². The predicted molar refractivity (Wildman–Crippen MR) is 104 cm³/mol. The molecule has 0 aliphatic rings. The molecule has 0 aliphatic carbocycles. The zero-order chi connectivity index (χ0) is 17.7. The molecule has 24 heavy (non-hydrogen) atoms. The predicted octanol–water partition coefficient (Wildman–Crippen LogP) is 4.28. The molecule has 2 N–H and O–H groups in total. The second kappa shape index (κ2) is 8.11. The highest BCUT2D eigenvalue weighted by molar-refractivity contribution is 7.80. The molecule has 0 amide bonds. The third kappa shape index (κ3) is 4.68. The van der Waals surface area contributed by atoms with E-state index in [1.54, 1.807) is 0 Å². The van der Waals surface area contributed by atoms with Crippen LogP contribution in [0.3, 0.4) is 0 Å². The summed E-state index contributed by atoms with van der Waals surface area (Å²) in [5.74, 6) is 1.61. The van der Waals surface area contributed by atoms with Gasteiger partial charge in [0, 0.05) is 6.04 Å². The summed E-state index contributed by atoms with van der Waals surface area (Å²) >= 11 is 5.31. The second-order valence-corrected chi connectivity index (χ2v) is 6.56. The van der Waals surface area contributed by atoms with Gasteiger partial charge in [0.1, 0.15) is 18.2 Å². The SMILES string of the molecule is Cc1nc(NC(=S)NC(C)C)c(C)c(C)c1OCc1ccccc1. The van der Waals surface area contributed by atoms with Crippen LogP contribution in [0, 0.1) is 20.8 Å². The van der Waals surface area contributed by atoms with E-state index in [0.29, 0.717) is 11.7 Å². The number of aryl methyl sites for hydroxylation is 1. The number of rotatable bonds is 5. The Bertz CT molecular complexity index is 714. The van der Waals surface area contributed by atoms with Crippen LogP contribution in [-0.2, 0) is 6.61 Å². The minimum Gasteiger partial charge on any atom is -0.487 e. The summed E-state index contributed by atoms with van der Waals surface area (Å²) < 4.78 is 6.02. The molecule has 0 unspecified atom stereocenters. The maximum Gasteiger partial charge on any atom is 0.172 e. The van der Waals surface area contributed by atoms with Crippen molar-refractivity contribution in [3.05, 3.63) is 52.7 Å². The van der Waals surface area contributed by atoms with Crippen LogP contribution in [0.2, 0.25) is 0 Å². The Labute approximate surface area is 149 Å². The van der Waals surface area contributed by atoms with E-state index in [0.717, 1.165) is 34.0 Å². The van der Waals surface area contributed by atoms with Gasteiger partial charge in [-0.3, -0.25) is 0 Å². The molecule has 0 atom stereocenters. The number of pyridine rings is 1. The molecule has 0 fully saturated rings. The fourth-order valence-corrected chi connectivity index (χ4v) is 2.72. The highest BCUT2D eigenvalue weighted by Crippen LogP contribution is 2.29. The molecule has 1 aromatic carbocycles. The fraction of sp³-hybridized carbons (Fsp3) is 0.368. The zero-order valence-electron chi connectivity index (χ0n) is 14.9. The van der Waals surface area contributed by atoms with Gasteiger partial charge in [-0.2, -0.15) is 0 Å². The molecule has 1 aromatic heterocycles. The van der Waals surface area contributed by atoms with Crippen molar-refractivity contribution in [3.63, 3.8) is 0 Å². The molecule has 128 valence electrons. The standard InChI is InChI=1S/C19H25N3OS/c1-12(2)20-19(24)22-18-14(4)13(3)17(15(5)21-18)23-11-16-9-7-6-8-10-16/h6-10,12H,11H2,1-5H3,(H2,20,21,22,24). The quantitative estimate of drug-likeness (QED) is 0.794. The van der Waals surface area contributed by atoms with Gasteiger partial charge in [-0.1, -0.05) is 30.3 Å². The van der Waals surface area contributed by atoms with Gasteiger partial charge in [0.2, 0.25) is 0 Å². The number of aromatic nitrogens is 1. The summed E-state index contributed by atoms with van der Waals surface area (Å²) in [7, 11) is 0. The topological polar surface area (TPSA) is 46.2 Å². The van der Waals surface area contributed by atoms with E-state index in [4.69, 9.17) is 17.0 Å². The highest BCUT2D eigenvalue weighted by Gasteiger charge is 2.14. The van der Waals surface area contributed by atoms with Crippen molar-refractivity contribution >= 4 is 23.1 Å². The van der Waals surface area contributed by atoms with Crippen LogP contribution in [0.1, 0.15) is 36.2 Å². The molecule has 0 aliphatic heterocycles. The lowest BCUT2D eigenvalue weighted by molar-refractivity contribution is 0.300. The molecular formula is C19H25N3OS. The van der Waals surface area contributed by atoms with Crippen LogP contribution in [0.4, 0.5) is 5.82 Å². The van der Waals surface area contributed by atoms with E-state index in [1.165, 1.54) is 0 Å². The van der Waals surface area contributed by atoms with Crippen LogP contribution in [-0.4, -0.2) is 16.1 Å². The van der Waals surface area contributed by atoms with Crippen molar-refractivity contribution in [3.8, 4) is 5.75 Å². The molecule has 2 aromatic rings. The van der Waals surface area contributed by atoms with Gasteiger partial charge in [0.05, 0.1) is 5.69 Å². The summed E-state index contributed by atoms with van der Waals surface area (Å²) in [5, 5.41) is 6.93. The molecule has 0 saturated heterocycles. The Morgan fingerprint density at radius 1 is 1.12 bits per heavy atom. The number of thiocarbonyl (C=S) groups is 1. The summed E-state index contributed by atoms with van der Waals surface area (Å²) in [6.07, 6.45) is 0. The Balaban J connectivity index is 2.17. The third-order valence-electron chi connectivity index (χ3n) is 3.74. The molecular weight excluding hydrogens is 318 g/mol. The van der Waals surface area contributed by atoms with Gasteiger partial charge in [-0.25, -0.2) is 4.98 Å². The number of nitrogens with one attached hydrogen (secondary N) is 2. The lowest BCUT2D eigenvalue weighted by Crippen LogP contribution is -2.34. The van der Waals surface area contributed by atoms with Gasteiger partial charge in [0.15, 0.2) is 5.11 Å². The molecule has 0 saturated carbocycles. The summed E-state index contributed by atoms with van der Waals surface area (Å²) in [5.41, 5.74) is 4.10. The van der Waals surface area contributed by atoms with E-state index in [1.807, 2.05) is 45.9 Å². The van der Waals surface area contributed by atoms with E-state index in [-0.39, 0.29) is 6.04 Å². The van der Waals surface area contributed by atoms with Crippen molar-refractivity contribution in [2.24, 2.45) is 0 Å². The van der Waals surface area contributed by atoms with Crippen LogP contribution in [0.25, 0.3) is 0 Å². The lowest BCUT2D eigenvalue weighted by atomic mass is 10.1. The maximum atomic E-state index is 6.02. The first-order valence-electron chi connectivity index (χ1n) is 8.10. The van der Waals surface area contributed by atoms with E-state index < -0.39 is 0 Å². The minimum absolute atomic E-state index is 0.279. The first-order chi connectivity index (χ1) is 11.4. The van der Waals surface area contributed by atoms with Gasteiger partial charge in [0.25, 0.3) is 0 Å². The number of hydrogen-bond donors (Lipinski definition) is 2. The molecule has 0 radical (unpaired) electrons. The second-order valence-electron chi connectivity index (χ2n) is 6.15. The van der Waals surface area contributed by atoms with Crippen LogP contribution >= 0.6 is 12.2 Å². The van der Waals surface area contributed by atoms with Crippen LogP contribution in [0.15, 0.2) is 30.3 Å². The molecule has 5 heteroatoms. The first kappa shape index (κ1) is 18.2. The Hall–Kier alpha value is -2.14. The zero-order valence-corrected chi connectivity index (χ0v) is 15.8. The Morgan fingerprint density at radius 2 is 1.79 bits per heavy atom. The van der Waals surface area contributed by atoms with E-state index >= 15 is 0 Å². The molecule has 0 spiro atoms. The molecule has 1 heterocycles. The number of ether oxygens (including phenoxy) is 1. The lowest BCUT2D eigenvalue weighted by Gasteiger charge is -2.19. The van der Waals surface area contributed by atoms with Gasteiger partial charge in [-0.05, 0) is 63.5 Å². The summed E-state index contributed by atoms with van der Waals surface area (Å²) in [6, 6.07) is 10.4. The summed E-state index contributed by atoms with van der Waals surface area (Å²) in [6.45, 7) is 10.7. The van der Waals surface area contributed by atoms with Crippen molar-refractivity contribution in [1.29, 1.82) is 0 Å².